The summed E-state index contributed by atoms with van der Waals surface area (Å²) in [7, 11) is 0. The zero-order valence-electron chi connectivity index (χ0n) is 10.4. The number of hydrogen-bond acceptors (Lipinski definition) is 2. The van der Waals surface area contributed by atoms with Gasteiger partial charge in [-0.2, -0.15) is 0 Å². The molecule has 4 heteroatoms. The van der Waals surface area contributed by atoms with Gasteiger partial charge in [0.2, 0.25) is 0 Å². The van der Waals surface area contributed by atoms with Crippen LogP contribution in [-0.2, 0) is 6.42 Å². The highest BCUT2D eigenvalue weighted by Crippen LogP contribution is 2.26. The molecule has 2 N–H and O–H groups in total. The van der Waals surface area contributed by atoms with E-state index >= 15 is 0 Å². The lowest BCUT2D eigenvalue weighted by molar-refractivity contribution is 0.161. The molecule has 1 aromatic rings. The second kappa shape index (κ2) is 6.05. The SMILES string of the molecule is CC(C)(C)NCC(O)Cc1cccc(Cl)c1Cl. The van der Waals surface area contributed by atoms with E-state index < -0.39 is 6.10 Å². The van der Waals surface area contributed by atoms with Gasteiger partial charge >= 0.3 is 0 Å². The molecule has 0 aliphatic rings. The summed E-state index contributed by atoms with van der Waals surface area (Å²) in [6, 6.07) is 5.47. The fourth-order valence-corrected chi connectivity index (χ4v) is 1.85. The first-order chi connectivity index (χ1) is 7.79. The van der Waals surface area contributed by atoms with Crippen molar-refractivity contribution in [2.75, 3.05) is 6.54 Å². The van der Waals surface area contributed by atoms with Crippen molar-refractivity contribution in [1.82, 2.24) is 5.32 Å². The van der Waals surface area contributed by atoms with E-state index in [-0.39, 0.29) is 5.54 Å². The molecule has 1 rings (SSSR count). The molecular weight excluding hydrogens is 257 g/mol. The Morgan fingerprint density at radius 1 is 1.29 bits per heavy atom. The molecule has 0 radical (unpaired) electrons. The van der Waals surface area contributed by atoms with Gasteiger partial charge in [-0.15, -0.1) is 0 Å². The van der Waals surface area contributed by atoms with Gasteiger partial charge in [0, 0.05) is 18.5 Å². The van der Waals surface area contributed by atoms with Gasteiger partial charge in [-0.05, 0) is 32.4 Å². The Kier molecular flexibility index (Phi) is 5.26. The van der Waals surface area contributed by atoms with Crippen LogP contribution in [0.2, 0.25) is 10.0 Å². The quantitative estimate of drug-likeness (QED) is 0.884. The number of rotatable bonds is 4. The molecule has 0 aromatic heterocycles. The number of benzene rings is 1. The van der Waals surface area contributed by atoms with E-state index in [1.165, 1.54) is 0 Å². The van der Waals surface area contributed by atoms with E-state index in [0.29, 0.717) is 23.0 Å². The van der Waals surface area contributed by atoms with E-state index in [1.54, 1.807) is 6.07 Å². The highest BCUT2D eigenvalue weighted by molar-refractivity contribution is 6.42. The lowest BCUT2D eigenvalue weighted by Crippen LogP contribution is -2.41. The minimum absolute atomic E-state index is 0.000885. The fraction of sp³-hybridized carbons (Fsp3) is 0.538. The van der Waals surface area contributed by atoms with Crippen molar-refractivity contribution in [1.29, 1.82) is 0 Å². The van der Waals surface area contributed by atoms with Crippen molar-refractivity contribution >= 4 is 23.2 Å². The summed E-state index contributed by atoms with van der Waals surface area (Å²) in [6.07, 6.45) is 0.0350. The molecule has 2 nitrogen and oxygen atoms in total. The van der Waals surface area contributed by atoms with Crippen molar-refractivity contribution in [3.05, 3.63) is 33.8 Å². The molecule has 1 unspecified atom stereocenters. The van der Waals surface area contributed by atoms with Gasteiger partial charge in [-0.3, -0.25) is 0 Å². The Hall–Kier alpha value is -0.280. The first-order valence-electron chi connectivity index (χ1n) is 5.65. The monoisotopic (exact) mass is 275 g/mol. The molecule has 17 heavy (non-hydrogen) atoms. The average Bonchev–Trinajstić information content (AvgIpc) is 2.21. The van der Waals surface area contributed by atoms with Crippen LogP contribution in [0.5, 0.6) is 0 Å². The van der Waals surface area contributed by atoms with Crippen molar-refractivity contribution < 1.29 is 5.11 Å². The van der Waals surface area contributed by atoms with E-state index in [9.17, 15) is 5.11 Å². The average molecular weight is 276 g/mol. The van der Waals surface area contributed by atoms with Crippen molar-refractivity contribution in [2.24, 2.45) is 0 Å². The summed E-state index contributed by atoms with van der Waals surface area (Å²) >= 11 is 12.0. The van der Waals surface area contributed by atoms with Crippen LogP contribution < -0.4 is 5.32 Å². The largest absolute Gasteiger partial charge is 0.391 e. The van der Waals surface area contributed by atoms with Crippen LogP contribution in [0.25, 0.3) is 0 Å². The topological polar surface area (TPSA) is 32.3 Å². The van der Waals surface area contributed by atoms with Crippen LogP contribution in [0, 0.1) is 0 Å². The number of halogens is 2. The van der Waals surface area contributed by atoms with Gasteiger partial charge in [0.15, 0.2) is 0 Å². The molecule has 0 fully saturated rings. The van der Waals surface area contributed by atoms with Crippen LogP contribution in [0.3, 0.4) is 0 Å². The van der Waals surface area contributed by atoms with Gasteiger partial charge in [0.25, 0.3) is 0 Å². The summed E-state index contributed by atoms with van der Waals surface area (Å²) in [5.74, 6) is 0. The molecule has 0 amide bonds. The third-order valence-electron chi connectivity index (χ3n) is 2.36. The van der Waals surface area contributed by atoms with Crippen LogP contribution in [0.4, 0.5) is 0 Å². The van der Waals surface area contributed by atoms with Crippen molar-refractivity contribution in [3.63, 3.8) is 0 Å². The predicted molar refractivity (Wildman–Crippen MR) is 73.9 cm³/mol. The number of aliphatic hydroxyl groups is 1. The third-order valence-corrected chi connectivity index (χ3v) is 3.21. The summed E-state index contributed by atoms with van der Waals surface area (Å²) in [6.45, 7) is 6.72. The molecule has 0 spiro atoms. The molecule has 0 bridgehead atoms. The first kappa shape index (κ1) is 14.8. The molecule has 1 aromatic carbocycles. The number of hydrogen-bond donors (Lipinski definition) is 2. The normalized spacial score (nSPS) is 13.8. The summed E-state index contributed by atoms with van der Waals surface area (Å²) < 4.78 is 0. The fourth-order valence-electron chi connectivity index (χ4n) is 1.46. The molecule has 0 saturated carbocycles. The first-order valence-corrected chi connectivity index (χ1v) is 6.41. The molecule has 0 aliphatic carbocycles. The standard InChI is InChI=1S/C13H19Cl2NO/c1-13(2,3)16-8-10(17)7-9-5-4-6-11(14)12(9)15/h4-6,10,16-17H,7-8H2,1-3H3. The molecule has 0 saturated heterocycles. The Bertz CT molecular complexity index is 374. The maximum absolute atomic E-state index is 9.92. The second-order valence-electron chi connectivity index (χ2n) is 5.20. The Morgan fingerprint density at radius 2 is 1.94 bits per heavy atom. The molecular formula is C13H19Cl2NO. The number of nitrogens with one attached hydrogen (secondary N) is 1. The minimum Gasteiger partial charge on any atom is -0.391 e. The second-order valence-corrected chi connectivity index (χ2v) is 5.99. The third kappa shape index (κ3) is 5.26. The Balaban J connectivity index is 2.56. The predicted octanol–water partition coefficient (Wildman–Crippen LogP) is 3.28. The molecule has 96 valence electrons. The Labute approximate surface area is 113 Å². The maximum Gasteiger partial charge on any atom is 0.0705 e. The molecule has 1 atom stereocenters. The smallest absolute Gasteiger partial charge is 0.0705 e. The van der Waals surface area contributed by atoms with Crippen molar-refractivity contribution in [3.8, 4) is 0 Å². The van der Waals surface area contributed by atoms with E-state index in [1.807, 2.05) is 12.1 Å². The van der Waals surface area contributed by atoms with Gasteiger partial charge in [-0.1, -0.05) is 35.3 Å². The van der Waals surface area contributed by atoms with Gasteiger partial charge < -0.3 is 10.4 Å². The molecule has 0 aliphatic heterocycles. The number of aliphatic hydroxyl groups excluding tert-OH is 1. The van der Waals surface area contributed by atoms with Gasteiger partial charge in [0.05, 0.1) is 16.1 Å². The summed E-state index contributed by atoms with van der Waals surface area (Å²) in [4.78, 5) is 0. The highest BCUT2D eigenvalue weighted by Gasteiger charge is 2.14. The van der Waals surface area contributed by atoms with Gasteiger partial charge in [-0.25, -0.2) is 0 Å². The molecule has 0 heterocycles. The van der Waals surface area contributed by atoms with Crippen LogP contribution >= 0.6 is 23.2 Å². The number of β-amino-alcohol motifs (C(OH)–C–C–N with tert-alkyl or cyclic N) is 1. The van der Waals surface area contributed by atoms with E-state index in [4.69, 9.17) is 23.2 Å². The highest BCUT2D eigenvalue weighted by atomic mass is 35.5. The van der Waals surface area contributed by atoms with E-state index in [0.717, 1.165) is 5.56 Å². The van der Waals surface area contributed by atoms with Crippen LogP contribution in [0.15, 0.2) is 18.2 Å². The van der Waals surface area contributed by atoms with Gasteiger partial charge in [0.1, 0.15) is 0 Å². The maximum atomic E-state index is 9.92. The Morgan fingerprint density at radius 3 is 2.53 bits per heavy atom. The summed E-state index contributed by atoms with van der Waals surface area (Å²) in [5.41, 5.74) is 0.876. The lowest BCUT2D eigenvalue weighted by Gasteiger charge is -2.23. The van der Waals surface area contributed by atoms with Crippen LogP contribution in [0.1, 0.15) is 26.3 Å². The van der Waals surface area contributed by atoms with Crippen LogP contribution in [-0.4, -0.2) is 23.3 Å². The summed E-state index contributed by atoms with van der Waals surface area (Å²) in [5, 5.41) is 14.2. The lowest BCUT2D eigenvalue weighted by atomic mass is 10.1. The van der Waals surface area contributed by atoms with Crippen molar-refractivity contribution in [2.45, 2.75) is 38.8 Å². The van der Waals surface area contributed by atoms with E-state index in [2.05, 4.69) is 26.1 Å². The zero-order valence-corrected chi connectivity index (χ0v) is 11.9. The minimum atomic E-state index is -0.467. The zero-order chi connectivity index (χ0) is 13.1.